The Labute approximate surface area is 214 Å². The van der Waals surface area contributed by atoms with Crippen molar-refractivity contribution in [1.82, 2.24) is 20.4 Å². The number of thioether (sulfide) groups is 1. The molecule has 182 valence electrons. The number of aromatic nitrogens is 2. The normalized spacial score (nSPS) is 15.7. The zero-order valence-corrected chi connectivity index (χ0v) is 21.1. The predicted octanol–water partition coefficient (Wildman–Crippen LogP) is 6.16. The lowest BCUT2D eigenvalue weighted by Gasteiger charge is -2.35. The van der Waals surface area contributed by atoms with E-state index in [1.807, 2.05) is 79.9 Å². The number of nitrogens with zero attached hydrogens (tertiary/aromatic N) is 3. The molecule has 4 aromatic rings. The molecule has 7 nitrogen and oxygen atoms in total. The zero-order chi connectivity index (χ0) is 25.1. The number of methoxy groups -OCH3 is 1. The van der Waals surface area contributed by atoms with Crippen LogP contribution in [0, 0.1) is 0 Å². The lowest BCUT2D eigenvalue weighted by atomic mass is 9.94. The van der Waals surface area contributed by atoms with Crippen LogP contribution in [0.15, 0.2) is 94.0 Å². The molecule has 3 aromatic carbocycles. The van der Waals surface area contributed by atoms with Crippen LogP contribution in [0.4, 0.5) is 4.79 Å². The van der Waals surface area contributed by atoms with E-state index in [1.165, 1.54) is 4.90 Å². The molecule has 2 heterocycles. The molecule has 0 bridgehead atoms. The van der Waals surface area contributed by atoms with Crippen molar-refractivity contribution < 1.29 is 14.1 Å². The minimum absolute atomic E-state index is 0.194. The lowest BCUT2D eigenvalue weighted by molar-refractivity contribution is 0.203. The summed E-state index contributed by atoms with van der Waals surface area (Å²) in [4.78, 5) is 21.0. The Morgan fingerprint density at radius 2 is 1.83 bits per heavy atom. The fourth-order valence-corrected chi connectivity index (χ4v) is 4.68. The van der Waals surface area contributed by atoms with Crippen molar-refractivity contribution in [2.75, 3.05) is 13.4 Å². The van der Waals surface area contributed by atoms with Gasteiger partial charge in [-0.25, -0.2) is 4.79 Å². The van der Waals surface area contributed by atoms with Crippen LogP contribution >= 0.6 is 11.8 Å². The number of nitrogens with one attached hydrogen (secondary N) is 1. The molecule has 0 radical (unpaired) electrons. The van der Waals surface area contributed by atoms with E-state index in [9.17, 15) is 4.79 Å². The van der Waals surface area contributed by atoms with E-state index in [0.717, 1.165) is 28.0 Å². The van der Waals surface area contributed by atoms with Crippen LogP contribution in [0.1, 0.15) is 30.0 Å². The summed E-state index contributed by atoms with van der Waals surface area (Å²) in [6.45, 7) is 2.34. The van der Waals surface area contributed by atoms with Crippen molar-refractivity contribution in [2.24, 2.45) is 0 Å². The Balaban J connectivity index is 1.58. The molecule has 0 saturated heterocycles. The van der Waals surface area contributed by atoms with Crippen LogP contribution in [0.25, 0.3) is 17.0 Å². The third-order valence-corrected chi connectivity index (χ3v) is 6.96. The summed E-state index contributed by atoms with van der Waals surface area (Å²) in [7, 11) is 1.62. The maximum Gasteiger partial charge on any atom is 0.322 e. The van der Waals surface area contributed by atoms with E-state index in [0.29, 0.717) is 24.0 Å². The van der Waals surface area contributed by atoms with Crippen molar-refractivity contribution in [3.8, 4) is 17.1 Å². The molecule has 5 rings (SSSR count). The number of carbonyl (C=O) groups is 1. The average molecular weight is 499 g/mol. The molecule has 0 spiro atoms. The van der Waals surface area contributed by atoms with E-state index >= 15 is 0 Å². The maximum atomic E-state index is 13.4. The SMILES string of the molecule is COc1cccc(C2NC(=O)N(Cc3ccc(SC)cc3)C(C)=C2c2nc(-c3ccccc3)no2)c1. The largest absolute Gasteiger partial charge is 0.497 e. The van der Waals surface area contributed by atoms with Gasteiger partial charge in [0, 0.05) is 16.2 Å². The molecule has 1 N–H and O–H groups in total. The van der Waals surface area contributed by atoms with Gasteiger partial charge in [0.1, 0.15) is 5.75 Å². The Hall–Kier alpha value is -4.04. The molecule has 36 heavy (non-hydrogen) atoms. The van der Waals surface area contributed by atoms with E-state index in [2.05, 4.69) is 22.6 Å². The van der Waals surface area contributed by atoms with Gasteiger partial charge in [0.05, 0.1) is 25.3 Å². The number of rotatable bonds is 7. The van der Waals surface area contributed by atoms with E-state index in [1.54, 1.807) is 23.8 Å². The van der Waals surface area contributed by atoms with Gasteiger partial charge in [-0.15, -0.1) is 11.8 Å². The lowest BCUT2D eigenvalue weighted by Crippen LogP contribution is -2.45. The van der Waals surface area contributed by atoms with E-state index in [-0.39, 0.29) is 6.03 Å². The van der Waals surface area contributed by atoms with Crippen LogP contribution in [-0.2, 0) is 6.54 Å². The van der Waals surface area contributed by atoms with Crippen LogP contribution in [0.2, 0.25) is 0 Å². The number of urea groups is 1. The van der Waals surface area contributed by atoms with Gasteiger partial charge in [-0.1, -0.05) is 59.8 Å². The highest BCUT2D eigenvalue weighted by Crippen LogP contribution is 2.38. The van der Waals surface area contributed by atoms with Gasteiger partial charge < -0.3 is 14.6 Å². The van der Waals surface area contributed by atoms with Gasteiger partial charge in [0.25, 0.3) is 5.89 Å². The average Bonchev–Trinajstić information content (AvgIpc) is 3.41. The Bertz CT molecular complexity index is 1400. The van der Waals surface area contributed by atoms with Gasteiger partial charge in [-0.2, -0.15) is 4.98 Å². The summed E-state index contributed by atoms with van der Waals surface area (Å²) in [5.41, 5.74) is 4.24. The van der Waals surface area contributed by atoms with Crippen molar-refractivity contribution >= 4 is 23.4 Å². The third kappa shape index (κ3) is 4.72. The standard InChI is InChI=1S/C28H26N4O3S/c1-18-24(27-30-26(31-35-27)20-8-5-4-6-9-20)25(21-10-7-11-22(16-21)34-2)29-28(33)32(18)17-19-12-14-23(36-3)15-13-19/h4-16,25H,17H2,1-3H3,(H,29,33). The number of hydrogen-bond donors (Lipinski definition) is 1. The molecule has 1 aromatic heterocycles. The summed E-state index contributed by atoms with van der Waals surface area (Å²) in [5, 5.41) is 7.37. The van der Waals surface area contributed by atoms with Crippen LogP contribution in [0.5, 0.6) is 5.75 Å². The predicted molar refractivity (Wildman–Crippen MR) is 140 cm³/mol. The Kier molecular flexibility index (Phi) is 6.77. The summed E-state index contributed by atoms with van der Waals surface area (Å²) in [6, 6.07) is 24.8. The second-order valence-corrected chi connectivity index (χ2v) is 9.26. The monoisotopic (exact) mass is 498 g/mol. The first-order valence-electron chi connectivity index (χ1n) is 11.5. The van der Waals surface area contributed by atoms with Crippen molar-refractivity contribution in [2.45, 2.75) is 24.4 Å². The fraction of sp³-hybridized carbons (Fsp3) is 0.179. The third-order valence-electron chi connectivity index (χ3n) is 6.21. The highest BCUT2D eigenvalue weighted by Gasteiger charge is 2.36. The first kappa shape index (κ1) is 23.7. The number of amides is 2. The summed E-state index contributed by atoms with van der Waals surface area (Å²) >= 11 is 1.68. The van der Waals surface area contributed by atoms with Crippen LogP contribution in [0.3, 0.4) is 0 Å². The zero-order valence-electron chi connectivity index (χ0n) is 20.3. The minimum atomic E-state index is -0.480. The smallest absolute Gasteiger partial charge is 0.322 e. The molecule has 1 atom stereocenters. The molecule has 1 unspecified atom stereocenters. The van der Waals surface area contributed by atoms with Gasteiger partial charge >= 0.3 is 6.03 Å². The molecular weight excluding hydrogens is 472 g/mol. The molecule has 0 saturated carbocycles. The van der Waals surface area contributed by atoms with Crippen molar-refractivity contribution in [3.05, 3.63) is 102 Å². The molecule has 2 amide bonds. The Morgan fingerprint density at radius 3 is 2.56 bits per heavy atom. The van der Waals surface area contributed by atoms with Crippen LogP contribution in [-0.4, -0.2) is 34.4 Å². The first-order valence-corrected chi connectivity index (χ1v) is 12.7. The fourth-order valence-electron chi connectivity index (χ4n) is 4.27. The highest BCUT2D eigenvalue weighted by atomic mass is 32.2. The number of carbonyl (C=O) groups excluding carboxylic acids is 1. The quantitative estimate of drug-likeness (QED) is 0.307. The van der Waals surface area contributed by atoms with Crippen molar-refractivity contribution in [1.29, 1.82) is 0 Å². The van der Waals surface area contributed by atoms with Gasteiger partial charge in [0.2, 0.25) is 5.82 Å². The van der Waals surface area contributed by atoms with Gasteiger partial charge in [-0.3, -0.25) is 4.90 Å². The molecule has 1 aliphatic rings. The number of allylic oxidation sites excluding steroid dienone is 1. The highest BCUT2D eigenvalue weighted by molar-refractivity contribution is 7.98. The second kappa shape index (κ2) is 10.3. The van der Waals surface area contributed by atoms with Gasteiger partial charge in [0.15, 0.2) is 0 Å². The van der Waals surface area contributed by atoms with Crippen LogP contribution < -0.4 is 10.1 Å². The summed E-state index contributed by atoms with van der Waals surface area (Å²) < 4.78 is 11.2. The minimum Gasteiger partial charge on any atom is -0.497 e. The first-order chi connectivity index (χ1) is 17.6. The topological polar surface area (TPSA) is 80.5 Å². The van der Waals surface area contributed by atoms with E-state index < -0.39 is 6.04 Å². The Morgan fingerprint density at radius 1 is 1.06 bits per heavy atom. The molecular formula is C28H26N4O3S. The van der Waals surface area contributed by atoms with Crippen molar-refractivity contribution in [3.63, 3.8) is 0 Å². The number of hydrogen-bond acceptors (Lipinski definition) is 6. The summed E-state index contributed by atoms with van der Waals surface area (Å²) in [6.07, 6.45) is 2.04. The summed E-state index contributed by atoms with van der Waals surface area (Å²) in [5.74, 6) is 1.55. The molecule has 8 heteroatoms. The molecule has 0 aliphatic carbocycles. The van der Waals surface area contributed by atoms with Gasteiger partial charge in [-0.05, 0) is 48.6 Å². The second-order valence-electron chi connectivity index (χ2n) is 8.38. The number of benzene rings is 3. The molecule has 1 aliphatic heterocycles. The molecule has 0 fully saturated rings. The number of ether oxygens (including phenoxy) is 1. The van der Waals surface area contributed by atoms with E-state index in [4.69, 9.17) is 14.2 Å². The maximum absolute atomic E-state index is 13.4.